The van der Waals surface area contributed by atoms with Gasteiger partial charge in [0.1, 0.15) is 0 Å². The average molecular weight is 1040 g/mol. The molecule has 0 aliphatic heterocycles. The molecule has 382 valence electrons. The zero-order valence-corrected chi connectivity index (χ0v) is 44.7. The largest absolute Gasteiger partial charge is 0.333 e. The molecule has 0 bridgehead atoms. The van der Waals surface area contributed by atoms with Crippen LogP contribution in [0.25, 0.3) is 141 Å². The molecule has 0 spiro atoms. The van der Waals surface area contributed by atoms with Crippen LogP contribution in [0.2, 0.25) is 0 Å². The molecule has 1 atom stereocenters. The summed E-state index contributed by atoms with van der Waals surface area (Å²) in [5.74, 6) is 0. The number of anilines is 2. The lowest BCUT2D eigenvalue weighted by atomic mass is 10.0. The highest BCUT2D eigenvalue weighted by Crippen LogP contribution is 2.46. The lowest BCUT2D eigenvalue weighted by Gasteiger charge is -2.30. The normalized spacial score (nSPS) is 14.0. The van der Waals surface area contributed by atoms with E-state index in [0.717, 1.165) is 34.9 Å². The summed E-state index contributed by atoms with van der Waals surface area (Å²) in [5, 5.41) is 22.8. The molecule has 17 aromatic rings. The van der Waals surface area contributed by atoms with E-state index in [4.69, 9.17) is 0 Å². The van der Waals surface area contributed by atoms with Crippen molar-refractivity contribution in [1.82, 2.24) is 13.7 Å². The predicted octanol–water partition coefficient (Wildman–Crippen LogP) is 21.1. The Morgan fingerprint density at radius 3 is 1.05 bits per heavy atom. The van der Waals surface area contributed by atoms with Gasteiger partial charge in [-0.15, -0.1) is 0 Å². The Bertz CT molecular complexity index is 5380. The van der Waals surface area contributed by atoms with E-state index in [2.05, 4.69) is 304 Å². The second-order valence-corrected chi connectivity index (χ2v) is 22.3. The van der Waals surface area contributed by atoms with Gasteiger partial charge in [-0.3, -0.25) is 0 Å². The molecule has 1 aliphatic carbocycles. The number of fused-ring (bicyclic) bond motifs is 21. The van der Waals surface area contributed by atoms with E-state index < -0.39 is 0 Å². The summed E-state index contributed by atoms with van der Waals surface area (Å²) >= 11 is 0. The molecule has 0 saturated carbocycles. The Balaban J connectivity index is 0.814. The van der Waals surface area contributed by atoms with Crippen molar-refractivity contribution in [2.75, 3.05) is 4.90 Å². The van der Waals surface area contributed by atoms with Crippen LogP contribution in [0, 0.1) is 0 Å². The molecule has 1 aliphatic rings. The Hall–Kier alpha value is -10.7. The van der Waals surface area contributed by atoms with Crippen LogP contribution >= 0.6 is 0 Å². The average Bonchev–Trinajstić information content (AvgIpc) is 2.88. The highest BCUT2D eigenvalue weighted by atomic mass is 15.2. The summed E-state index contributed by atoms with van der Waals surface area (Å²) in [6.45, 7) is 0. The number of hydrogen-bond acceptors (Lipinski definition) is 1. The van der Waals surface area contributed by atoms with Gasteiger partial charge in [0.05, 0.1) is 39.1 Å². The van der Waals surface area contributed by atoms with Gasteiger partial charge < -0.3 is 18.6 Å². The lowest BCUT2D eigenvalue weighted by Crippen LogP contribution is -2.18. The first-order chi connectivity index (χ1) is 40.7. The summed E-state index contributed by atoms with van der Waals surface area (Å²) < 4.78 is 7.60. The first kappa shape index (κ1) is 45.2. The highest BCUT2D eigenvalue weighted by Gasteiger charge is 2.25. The van der Waals surface area contributed by atoms with Gasteiger partial charge in [0, 0.05) is 76.9 Å². The third-order valence-electron chi connectivity index (χ3n) is 18.0. The molecule has 82 heavy (non-hydrogen) atoms. The Morgan fingerprint density at radius 2 is 0.634 bits per heavy atom. The van der Waals surface area contributed by atoms with Gasteiger partial charge in [-0.2, -0.15) is 0 Å². The second kappa shape index (κ2) is 17.4. The molecule has 18 rings (SSSR count). The maximum absolute atomic E-state index is 2.62. The fourth-order valence-corrected chi connectivity index (χ4v) is 14.5. The number of allylic oxidation sites excluding steroid dienone is 3. The van der Waals surface area contributed by atoms with Crippen LogP contribution in [0.4, 0.5) is 11.4 Å². The van der Waals surface area contributed by atoms with Crippen molar-refractivity contribution in [2.24, 2.45) is 0 Å². The van der Waals surface area contributed by atoms with Crippen LogP contribution in [-0.4, -0.2) is 13.7 Å². The van der Waals surface area contributed by atoms with E-state index in [1.165, 1.54) is 130 Å². The number of aromatic nitrogens is 3. The van der Waals surface area contributed by atoms with Crippen molar-refractivity contribution in [3.63, 3.8) is 0 Å². The smallest absolute Gasteiger partial charge is 0.0619 e. The molecular weight excluding hydrogens is 993 g/mol. The lowest BCUT2D eigenvalue weighted by molar-refractivity contribution is 0.644. The molecular formula is C78H50N4. The van der Waals surface area contributed by atoms with Gasteiger partial charge in [-0.25, -0.2) is 0 Å². The molecule has 0 radical (unpaired) electrons. The van der Waals surface area contributed by atoms with Crippen LogP contribution in [0.3, 0.4) is 0 Å². The summed E-state index contributed by atoms with van der Waals surface area (Å²) in [6.07, 6.45) is 8.10. The van der Waals surface area contributed by atoms with Gasteiger partial charge in [0.2, 0.25) is 0 Å². The third-order valence-corrected chi connectivity index (χ3v) is 18.0. The Morgan fingerprint density at radius 1 is 0.293 bits per heavy atom. The number of rotatable bonds is 6. The molecule has 3 aromatic heterocycles. The molecule has 0 amide bonds. The number of nitrogens with zero attached hydrogens (tertiary/aromatic N) is 4. The monoisotopic (exact) mass is 1040 g/mol. The molecule has 4 heteroatoms. The third kappa shape index (κ3) is 6.49. The summed E-state index contributed by atoms with van der Waals surface area (Å²) in [5.41, 5.74) is 13.0. The van der Waals surface area contributed by atoms with Gasteiger partial charge in [-0.05, 0) is 128 Å². The molecule has 0 fully saturated rings. The number of hydrogen-bond donors (Lipinski definition) is 0. The fourth-order valence-electron chi connectivity index (χ4n) is 14.5. The van der Waals surface area contributed by atoms with Crippen LogP contribution in [-0.2, 0) is 0 Å². The zero-order chi connectivity index (χ0) is 53.6. The Labute approximate surface area is 472 Å². The van der Waals surface area contributed by atoms with Crippen molar-refractivity contribution < 1.29 is 0 Å². The van der Waals surface area contributed by atoms with Gasteiger partial charge >= 0.3 is 0 Å². The maximum Gasteiger partial charge on any atom is 0.0619 e. The van der Waals surface area contributed by atoms with E-state index in [0.29, 0.717) is 0 Å². The molecule has 0 saturated heterocycles. The van der Waals surface area contributed by atoms with E-state index in [1.807, 2.05) is 0 Å². The van der Waals surface area contributed by atoms with Gasteiger partial charge in [-0.1, -0.05) is 212 Å². The zero-order valence-electron chi connectivity index (χ0n) is 44.7. The summed E-state index contributed by atoms with van der Waals surface area (Å²) in [4.78, 5) is 2.46. The molecule has 1 unspecified atom stereocenters. The van der Waals surface area contributed by atoms with E-state index >= 15 is 0 Å². The minimum absolute atomic E-state index is 0.0877. The van der Waals surface area contributed by atoms with Crippen LogP contribution < -0.4 is 4.90 Å². The molecule has 14 aromatic carbocycles. The summed E-state index contributed by atoms with van der Waals surface area (Å²) in [6, 6.07) is 99.3. The Kier molecular flexibility index (Phi) is 9.60. The standard InChI is InChI=1S/C78H50N4/c1-7-19-61-49(13-1)28-46-70-73(61)67-43-25-52-16-4-10-22-64(52)76(67)80(70)58-37-31-55(32-38-58)79(56-33-39-59(40-34-56)81-71-47-29-50-14-2-8-20-62(50)74(71)68-44-26-53-17-5-11-23-65(53)77(68)81)57-35-41-60(42-36-57)82-72-48-30-51-15-3-9-21-63(51)75(72)69-45-27-54-18-6-12-24-66(54)78(69)82/h1-41,43-48,60H,42H2. The SMILES string of the molecule is C1=CC(n2c3ccc4ccccc4c3c3ccc4ccccc4c32)CC=C1N(c1ccc(-n2c3ccc4ccccc4c3c3ccc4ccccc4c32)cc1)c1ccc(-n2c3ccc4ccccc4c3c3ccc4ccccc4c32)cc1. The van der Waals surface area contributed by atoms with Crippen LogP contribution in [0.15, 0.2) is 291 Å². The molecule has 3 heterocycles. The maximum atomic E-state index is 2.62. The highest BCUT2D eigenvalue weighted by molar-refractivity contribution is 6.28. The van der Waals surface area contributed by atoms with Crippen LogP contribution in [0.5, 0.6) is 0 Å². The van der Waals surface area contributed by atoms with Crippen molar-refractivity contribution in [3.05, 3.63) is 291 Å². The summed E-state index contributed by atoms with van der Waals surface area (Å²) in [7, 11) is 0. The van der Waals surface area contributed by atoms with Crippen molar-refractivity contribution >= 4 is 141 Å². The van der Waals surface area contributed by atoms with E-state index in [9.17, 15) is 0 Å². The van der Waals surface area contributed by atoms with Crippen molar-refractivity contribution in [2.45, 2.75) is 12.5 Å². The van der Waals surface area contributed by atoms with Gasteiger partial charge in [0.15, 0.2) is 0 Å². The first-order valence-corrected chi connectivity index (χ1v) is 28.6. The molecule has 4 nitrogen and oxygen atoms in total. The fraction of sp³-hybridized carbons (Fsp3) is 0.0256. The predicted molar refractivity (Wildman–Crippen MR) is 349 cm³/mol. The minimum atomic E-state index is 0.0877. The second-order valence-electron chi connectivity index (χ2n) is 22.3. The minimum Gasteiger partial charge on any atom is -0.333 e. The first-order valence-electron chi connectivity index (χ1n) is 28.6. The quantitative estimate of drug-likeness (QED) is 0.162. The van der Waals surface area contributed by atoms with E-state index in [1.54, 1.807) is 0 Å². The van der Waals surface area contributed by atoms with Crippen LogP contribution in [0.1, 0.15) is 12.5 Å². The van der Waals surface area contributed by atoms with Crippen molar-refractivity contribution in [1.29, 1.82) is 0 Å². The topological polar surface area (TPSA) is 18.0 Å². The van der Waals surface area contributed by atoms with E-state index in [-0.39, 0.29) is 6.04 Å². The van der Waals surface area contributed by atoms with Crippen molar-refractivity contribution in [3.8, 4) is 11.4 Å². The van der Waals surface area contributed by atoms with Gasteiger partial charge in [0.25, 0.3) is 0 Å². The molecule has 0 N–H and O–H groups in total. The number of benzene rings is 14.